The topological polar surface area (TPSA) is 23.6 Å². The molecular weight excluding hydrogens is 332 g/mol. The molecule has 0 N–H and O–H groups in total. The SMILES string of the molecule is Cc1ccc(N(C(=O)CC(C)C)C2CCN(Cc3ccccc3)CC2)cc1. The molecule has 1 aliphatic heterocycles. The van der Waals surface area contributed by atoms with Crippen molar-refractivity contribution in [1.29, 1.82) is 0 Å². The van der Waals surface area contributed by atoms with Crippen molar-refractivity contribution in [2.45, 2.75) is 52.6 Å². The van der Waals surface area contributed by atoms with Gasteiger partial charge in [0.15, 0.2) is 0 Å². The molecule has 2 aromatic carbocycles. The Labute approximate surface area is 164 Å². The average molecular weight is 365 g/mol. The summed E-state index contributed by atoms with van der Waals surface area (Å²) in [6.07, 6.45) is 2.67. The first-order valence-electron chi connectivity index (χ1n) is 10.2. The molecule has 1 fully saturated rings. The van der Waals surface area contributed by atoms with Crippen LogP contribution in [0.5, 0.6) is 0 Å². The molecule has 3 rings (SSSR count). The van der Waals surface area contributed by atoms with Crippen molar-refractivity contribution in [1.82, 2.24) is 4.90 Å². The van der Waals surface area contributed by atoms with E-state index >= 15 is 0 Å². The second-order valence-corrected chi connectivity index (χ2v) is 8.19. The van der Waals surface area contributed by atoms with Gasteiger partial charge in [-0.3, -0.25) is 9.69 Å². The quantitative estimate of drug-likeness (QED) is 0.717. The summed E-state index contributed by atoms with van der Waals surface area (Å²) in [5.74, 6) is 0.638. The van der Waals surface area contributed by atoms with E-state index in [1.165, 1.54) is 11.1 Å². The number of hydrogen-bond donors (Lipinski definition) is 0. The van der Waals surface area contributed by atoms with Crippen LogP contribution in [-0.4, -0.2) is 29.9 Å². The van der Waals surface area contributed by atoms with E-state index in [1.54, 1.807) is 0 Å². The number of benzene rings is 2. The van der Waals surface area contributed by atoms with Gasteiger partial charge in [-0.15, -0.1) is 0 Å². The van der Waals surface area contributed by atoms with Crippen molar-refractivity contribution in [3.63, 3.8) is 0 Å². The Morgan fingerprint density at radius 1 is 1.04 bits per heavy atom. The van der Waals surface area contributed by atoms with Gasteiger partial charge in [0, 0.05) is 37.8 Å². The van der Waals surface area contributed by atoms with E-state index in [1.807, 2.05) is 0 Å². The van der Waals surface area contributed by atoms with Gasteiger partial charge < -0.3 is 4.90 Å². The minimum atomic E-state index is 0.260. The van der Waals surface area contributed by atoms with Crippen LogP contribution >= 0.6 is 0 Å². The van der Waals surface area contributed by atoms with Gasteiger partial charge in [-0.25, -0.2) is 0 Å². The van der Waals surface area contributed by atoms with Crippen LogP contribution in [-0.2, 0) is 11.3 Å². The van der Waals surface area contributed by atoms with Gasteiger partial charge in [0.25, 0.3) is 0 Å². The molecule has 1 aliphatic rings. The van der Waals surface area contributed by atoms with Crippen molar-refractivity contribution in [2.24, 2.45) is 5.92 Å². The fraction of sp³-hybridized carbons (Fsp3) is 0.458. The van der Waals surface area contributed by atoms with Gasteiger partial charge in [0.2, 0.25) is 5.91 Å². The molecule has 144 valence electrons. The van der Waals surface area contributed by atoms with Crippen molar-refractivity contribution >= 4 is 11.6 Å². The average Bonchev–Trinajstić information content (AvgIpc) is 2.65. The summed E-state index contributed by atoms with van der Waals surface area (Å²) in [5.41, 5.74) is 3.64. The van der Waals surface area contributed by atoms with Gasteiger partial charge in [-0.1, -0.05) is 61.9 Å². The first kappa shape index (κ1) is 19.6. The Kier molecular flexibility index (Phi) is 6.68. The van der Waals surface area contributed by atoms with Crippen molar-refractivity contribution < 1.29 is 4.79 Å². The number of aryl methyl sites for hydroxylation is 1. The third kappa shape index (κ3) is 5.43. The summed E-state index contributed by atoms with van der Waals surface area (Å²) in [4.78, 5) is 17.6. The highest BCUT2D eigenvalue weighted by Gasteiger charge is 2.29. The van der Waals surface area contributed by atoms with Gasteiger partial charge >= 0.3 is 0 Å². The lowest BCUT2D eigenvalue weighted by atomic mass is 9.99. The van der Waals surface area contributed by atoms with Gasteiger partial charge in [0.05, 0.1) is 0 Å². The highest BCUT2D eigenvalue weighted by molar-refractivity contribution is 5.94. The van der Waals surface area contributed by atoms with Crippen LogP contribution in [0.2, 0.25) is 0 Å². The van der Waals surface area contributed by atoms with Crippen LogP contribution in [0.3, 0.4) is 0 Å². The third-order valence-corrected chi connectivity index (χ3v) is 5.33. The lowest BCUT2D eigenvalue weighted by Crippen LogP contribution is -2.47. The molecule has 1 heterocycles. The molecule has 27 heavy (non-hydrogen) atoms. The summed E-state index contributed by atoms with van der Waals surface area (Å²) in [6, 6.07) is 19.4. The molecule has 0 saturated carbocycles. The summed E-state index contributed by atoms with van der Waals surface area (Å²) >= 11 is 0. The number of hydrogen-bond acceptors (Lipinski definition) is 2. The fourth-order valence-corrected chi connectivity index (χ4v) is 3.89. The Balaban J connectivity index is 1.68. The number of nitrogens with zero attached hydrogens (tertiary/aromatic N) is 2. The maximum absolute atomic E-state index is 13.0. The minimum Gasteiger partial charge on any atom is -0.309 e. The van der Waals surface area contributed by atoms with Crippen molar-refractivity contribution in [3.8, 4) is 0 Å². The molecule has 0 unspecified atom stereocenters. The number of anilines is 1. The van der Waals surface area contributed by atoms with E-state index in [4.69, 9.17) is 0 Å². The summed E-state index contributed by atoms with van der Waals surface area (Å²) < 4.78 is 0. The molecule has 0 radical (unpaired) electrons. The highest BCUT2D eigenvalue weighted by atomic mass is 16.2. The van der Waals surface area contributed by atoms with Crippen LogP contribution in [0.4, 0.5) is 5.69 Å². The molecule has 3 nitrogen and oxygen atoms in total. The molecule has 0 atom stereocenters. The molecule has 1 saturated heterocycles. The summed E-state index contributed by atoms with van der Waals surface area (Å²) in [5, 5.41) is 0. The lowest BCUT2D eigenvalue weighted by molar-refractivity contribution is -0.120. The monoisotopic (exact) mass is 364 g/mol. The zero-order valence-electron chi connectivity index (χ0n) is 16.9. The number of amides is 1. The van der Waals surface area contributed by atoms with E-state index < -0.39 is 0 Å². The number of carbonyl (C=O) groups is 1. The maximum Gasteiger partial charge on any atom is 0.227 e. The number of carbonyl (C=O) groups excluding carboxylic acids is 1. The lowest BCUT2D eigenvalue weighted by Gasteiger charge is -2.39. The van der Waals surface area contributed by atoms with Crippen LogP contribution in [0, 0.1) is 12.8 Å². The molecule has 1 amide bonds. The second kappa shape index (κ2) is 9.18. The van der Waals surface area contributed by atoms with Gasteiger partial charge in [0.1, 0.15) is 0 Å². The van der Waals surface area contributed by atoms with Crippen LogP contribution < -0.4 is 4.90 Å². The molecule has 0 spiro atoms. The Morgan fingerprint density at radius 3 is 2.26 bits per heavy atom. The van der Waals surface area contributed by atoms with Crippen LogP contribution in [0.15, 0.2) is 54.6 Å². The summed E-state index contributed by atoms with van der Waals surface area (Å²) in [6.45, 7) is 9.40. The van der Waals surface area contributed by atoms with E-state index in [2.05, 4.69) is 85.2 Å². The predicted octanol–water partition coefficient (Wildman–Crippen LogP) is 5.04. The van der Waals surface area contributed by atoms with Gasteiger partial charge in [-0.05, 0) is 43.4 Å². The van der Waals surface area contributed by atoms with E-state index in [9.17, 15) is 4.79 Å². The zero-order valence-corrected chi connectivity index (χ0v) is 16.9. The molecule has 0 bridgehead atoms. The molecule has 2 aromatic rings. The predicted molar refractivity (Wildman–Crippen MR) is 113 cm³/mol. The Morgan fingerprint density at radius 2 is 1.67 bits per heavy atom. The first-order chi connectivity index (χ1) is 13.0. The summed E-state index contributed by atoms with van der Waals surface area (Å²) in [7, 11) is 0. The number of rotatable bonds is 6. The van der Waals surface area contributed by atoms with Crippen LogP contribution in [0.1, 0.15) is 44.2 Å². The second-order valence-electron chi connectivity index (χ2n) is 8.19. The first-order valence-corrected chi connectivity index (χ1v) is 10.2. The van der Waals surface area contributed by atoms with Crippen molar-refractivity contribution in [2.75, 3.05) is 18.0 Å². The smallest absolute Gasteiger partial charge is 0.227 e. The molecular formula is C24H32N2O. The normalized spacial score (nSPS) is 15.9. The maximum atomic E-state index is 13.0. The van der Waals surface area contributed by atoms with E-state index in [-0.39, 0.29) is 5.91 Å². The molecule has 3 heteroatoms. The van der Waals surface area contributed by atoms with E-state index in [0.717, 1.165) is 38.2 Å². The Hall–Kier alpha value is -2.13. The standard InChI is InChI=1S/C24H32N2O/c1-19(2)17-24(27)26(22-11-9-20(3)10-12-22)23-13-15-25(16-14-23)18-21-7-5-4-6-8-21/h4-12,19,23H,13-18H2,1-3H3. The highest BCUT2D eigenvalue weighted by Crippen LogP contribution is 2.26. The van der Waals surface area contributed by atoms with Crippen LogP contribution in [0.25, 0.3) is 0 Å². The molecule has 0 aliphatic carbocycles. The number of likely N-dealkylation sites (tertiary alicyclic amines) is 1. The minimum absolute atomic E-state index is 0.260. The third-order valence-electron chi connectivity index (χ3n) is 5.33. The van der Waals surface area contributed by atoms with E-state index in [0.29, 0.717) is 18.4 Å². The largest absolute Gasteiger partial charge is 0.309 e. The fourth-order valence-electron chi connectivity index (χ4n) is 3.89. The van der Waals surface area contributed by atoms with Gasteiger partial charge in [-0.2, -0.15) is 0 Å². The zero-order chi connectivity index (χ0) is 19.2. The van der Waals surface area contributed by atoms with Crippen molar-refractivity contribution in [3.05, 3.63) is 65.7 Å². The Bertz CT molecular complexity index is 716. The number of piperidine rings is 1. The molecule has 0 aromatic heterocycles.